The maximum Gasteiger partial charge on any atom is 0.266 e. The minimum Gasteiger partial charge on any atom is -0.507 e. The summed E-state index contributed by atoms with van der Waals surface area (Å²) in [5, 5.41) is 13.1. The molecule has 9 heteroatoms. The van der Waals surface area contributed by atoms with E-state index in [1.165, 1.54) is 17.0 Å². The van der Waals surface area contributed by atoms with Crippen molar-refractivity contribution in [1.29, 1.82) is 0 Å². The molecule has 29 heavy (non-hydrogen) atoms. The molecule has 0 spiro atoms. The summed E-state index contributed by atoms with van der Waals surface area (Å²) in [5.74, 6) is -0.0803. The van der Waals surface area contributed by atoms with E-state index in [9.17, 15) is 14.7 Å². The van der Waals surface area contributed by atoms with Crippen LogP contribution in [0.4, 0.5) is 5.69 Å². The zero-order valence-corrected chi connectivity index (χ0v) is 17.7. The van der Waals surface area contributed by atoms with Crippen LogP contribution in [-0.4, -0.2) is 39.3 Å². The molecule has 0 radical (unpaired) electrons. The number of phenols is 1. The van der Waals surface area contributed by atoms with Crippen molar-refractivity contribution in [3.8, 4) is 11.5 Å². The van der Waals surface area contributed by atoms with Gasteiger partial charge in [-0.15, -0.1) is 0 Å². The first-order chi connectivity index (χ1) is 13.9. The van der Waals surface area contributed by atoms with Gasteiger partial charge in [-0.25, -0.2) is 0 Å². The molecular weight excluding hydrogens is 432 g/mol. The second kappa shape index (κ2) is 9.30. The Hall–Kier alpha value is -2.55. The van der Waals surface area contributed by atoms with E-state index in [-0.39, 0.29) is 22.5 Å². The number of carbonyl (C=O) groups excluding carboxylic acids is 2. The number of anilines is 1. The van der Waals surface area contributed by atoms with Crippen molar-refractivity contribution in [3.63, 3.8) is 0 Å². The van der Waals surface area contributed by atoms with Gasteiger partial charge in [0.25, 0.3) is 5.91 Å². The SMILES string of the molecule is CCOc1ccc(NC(=O)CN2C(=O)/C(=C/c3cc(Cl)ccc3O)SC2=S)cc1. The first-order valence-electron chi connectivity index (χ1n) is 8.64. The fourth-order valence-corrected chi connectivity index (χ4v) is 3.99. The van der Waals surface area contributed by atoms with Crippen LogP contribution >= 0.6 is 35.6 Å². The van der Waals surface area contributed by atoms with E-state index in [0.717, 1.165) is 11.8 Å². The minimum atomic E-state index is -0.402. The van der Waals surface area contributed by atoms with Crippen LogP contribution in [0.25, 0.3) is 6.08 Å². The van der Waals surface area contributed by atoms with Gasteiger partial charge >= 0.3 is 0 Å². The lowest BCUT2D eigenvalue weighted by atomic mass is 10.2. The number of thioether (sulfide) groups is 1. The summed E-state index contributed by atoms with van der Waals surface area (Å²) < 4.78 is 5.63. The van der Waals surface area contributed by atoms with Crippen LogP contribution in [0.5, 0.6) is 11.5 Å². The van der Waals surface area contributed by atoms with Gasteiger partial charge < -0.3 is 15.2 Å². The molecule has 2 aromatic carbocycles. The molecule has 150 valence electrons. The lowest BCUT2D eigenvalue weighted by Gasteiger charge is -2.14. The minimum absolute atomic E-state index is 0.00656. The molecule has 0 aliphatic carbocycles. The third-order valence-corrected chi connectivity index (χ3v) is 5.51. The molecule has 2 N–H and O–H groups in total. The Kier molecular flexibility index (Phi) is 6.79. The predicted octanol–water partition coefficient (Wildman–Crippen LogP) is 4.28. The first-order valence-corrected chi connectivity index (χ1v) is 10.2. The molecule has 3 rings (SSSR count). The Balaban J connectivity index is 1.67. The van der Waals surface area contributed by atoms with E-state index < -0.39 is 5.91 Å². The number of aromatic hydroxyl groups is 1. The Labute approximate surface area is 182 Å². The second-order valence-corrected chi connectivity index (χ2v) is 8.09. The standard InChI is InChI=1S/C20H17ClN2O4S2/c1-2-27-15-6-4-14(5-7-15)22-18(25)11-23-19(26)17(29-20(23)28)10-12-9-13(21)3-8-16(12)24/h3-10,24H,2,11H2,1H3,(H,22,25)/b17-10-. The zero-order chi connectivity index (χ0) is 21.0. The van der Waals surface area contributed by atoms with E-state index in [1.807, 2.05) is 6.92 Å². The number of thiocarbonyl (C=S) groups is 1. The highest BCUT2D eigenvalue weighted by Crippen LogP contribution is 2.34. The third-order valence-electron chi connectivity index (χ3n) is 3.90. The van der Waals surface area contributed by atoms with E-state index in [4.69, 9.17) is 28.6 Å². The lowest BCUT2D eigenvalue weighted by molar-refractivity contribution is -0.126. The summed E-state index contributed by atoms with van der Waals surface area (Å²) in [7, 11) is 0. The molecule has 2 amide bonds. The normalized spacial score (nSPS) is 15.1. The van der Waals surface area contributed by atoms with Gasteiger partial charge in [-0.1, -0.05) is 35.6 Å². The highest BCUT2D eigenvalue weighted by Gasteiger charge is 2.33. The summed E-state index contributed by atoms with van der Waals surface area (Å²) in [6.07, 6.45) is 1.50. The third kappa shape index (κ3) is 5.29. The monoisotopic (exact) mass is 448 g/mol. The summed E-state index contributed by atoms with van der Waals surface area (Å²) in [6, 6.07) is 11.5. The smallest absolute Gasteiger partial charge is 0.266 e. The Morgan fingerprint density at radius 2 is 2.03 bits per heavy atom. The van der Waals surface area contributed by atoms with Crippen molar-refractivity contribution in [2.24, 2.45) is 0 Å². The first kappa shape index (κ1) is 21.2. The molecule has 6 nitrogen and oxygen atoms in total. The Morgan fingerprint density at radius 1 is 1.31 bits per heavy atom. The number of nitrogens with zero attached hydrogens (tertiary/aromatic N) is 1. The number of amides is 2. The van der Waals surface area contributed by atoms with Gasteiger partial charge in [-0.05, 0) is 55.5 Å². The quantitative estimate of drug-likeness (QED) is 0.507. The molecule has 2 aromatic rings. The number of hydrogen-bond acceptors (Lipinski definition) is 6. The Morgan fingerprint density at radius 3 is 2.72 bits per heavy atom. The molecule has 0 aromatic heterocycles. The molecule has 1 aliphatic heterocycles. The molecule has 1 aliphatic rings. The van der Waals surface area contributed by atoms with Crippen molar-refractivity contribution >= 4 is 63.5 Å². The van der Waals surface area contributed by atoms with Gasteiger partial charge in [0.15, 0.2) is 0 Å². The molecule has 0 unspecified atom stereocenters. The average Bonchev–Trinajstić information content (AvgIpc) is 2.94. The molecule has 1 heterocycles. The van der Waals surface area contributed by atoms with Gasteiger partial charge in [0.2, 0.25) is 5.91 Å². The number of phenolic OH excluding ortho intramolecular Hbond substituents is 1. The van der Waals surface area contributed by atoms with Crippen LogP contribution in [0.2, 0.25) is 5.02 Å². The molecule has 1 saturated heterocycles. The fraction of sp³-hybridized carbons (Fsp3) is 0.150. The highest BCUT2D eigenvalue weighted by atomic mass is 35.5. The van der Waals surface area contributed by atoms with Crippen LogP contribution < -0.4 is 10.1 Å². The number of hydrogen-bond donors (Lipinski definition) is 2. The second-order valence-electron chi connectivity index (χ2n) is 5.98. The highest BCUT2D eigenvalue weighted by molar-refractivity contribution is 8.26. The zero-order valence-electron chi connectivity index (χ0n) is 15.3. The Bertz CT molecular complexity index is 992. The van der Waals surface area contributed by atoms with Crippen molar-refractivity contribution in [2.45, 2.75) is 6.92 Å². The largest absolute Gasteiger partial charge is 0.507 e. The van der Waals surface area contributed by atoms with Gasteiger partial charge in [0, 0.05) is 16.3 Å². The molecular formula is C20H17ClN2O4S2. The number of halogens is 1. The van der Waals surface area contributed by atoms with Gasteiger partial charge in [0.1, 0.15) is 22.4 Å². The number of benzene rings is 2. The molecule has 0 saturated carbocycles. The summed E-state index contributed by atoms with van der Waals surface area (Å²) in [6.45, 7) is 2.23. The number of nitrogens with one attached hydrogen (secondary N) is 1. The maximum atomic E-state index is 12.7. The molecule has 0 atom stereocenters. The number of carbonyl (C=O) groups is 2. The molecule has 0 bridgehead atoms. The van der Waals surface area contributed by atoms with Gasteiger partial charge in [-0.2, -0.15) is 0 Å². The predicted molar refractivity (Wildman–Crippen MR) is 119 cm³/mol. The van der Waals surface area contributed by atoms with Crippen LogP contribution in [0.3, 0.4) is 0 Å². The van der Waals surface area contributed by atoms with Crippen LogP contribution in [0.1, 0.15) is 12.5 Å². The summed E-state index contributed by atoms with van der Waals surface area (Å²) in [5.41, 5.74) is 0.986. The van der Waals surface area contributed by atoms with E-state index in [1.54, 1.807) is 36.4 Å². The summed E-state index contributed by atoms with van der Waals surface area (Å²) in [4.78, 5) is 26.5. The summed E-state index contributed by atoms with van der Waals surface area (Å²) >= 11 is 12.2. The number of ether oxygens (including phenoxy) is 1. The van der Waals surface area contributed by atoms with Crippen LogP contribution in [0.15, 0.2) is 47.4 Å². The van der Waals surface area contributed by atoms with Crippen LogP contribution in [-0.2, 0) is 9.59 Å². The van der Waals surface area contributed by atoms with Crippen molar-refractivity contribution in [3.05, 3.63) is 58.0 Å². The van der Waals surface area contributed by atoms with Crippen LogP contribution in [0, 0.1) is 0 Å². The fourth-order valence-electron chi connectivity index (χ4n) is 2.56. The average molecular weight is 449 g/mol. The van der Waals surface area contributed by atoms with E-state index >= 15 is 0 Å². The van der Waals surface area contributed by atoms with Gasteiger partial charge in [0.05, 0.1) is 11.5 Å². The van der Waals surface area contributed by atoms with Crippen molar-refractivity contribution in [2.75, 3.05) is 18.5 Å². The topological polar surface area (TPSA) is 78.9 Å². The van der Waals surface area contributed by atoms with E-state index in [0.29, 0.717) is 33.5 Å². The van der Waals surface area contributed by atoms with E-state index in [2.05, 4.69) is 5.32 Å². The van der Waals surface area contributed by atoms with Crippen molar-refractivity contribution < 1.29 is 19.4 Å². The van der Waals surface area contributed by atoms with Gasteiger partial charge in [-0.3, -0.25) is 14.5 Å². The lowest BCUT2D eigenvalue weighted by Crippen LogP contribution is -2.36. The number of rotatable bonds is 6. The maximum absolute atomic E-state index is 12.7. The molecule has 1 fully saturated rings. The van der Waals surface area contributed by atoms with Crippen molar-refractivity contribution in [1.82, 2.24) is 4.90 Å².